The molecule has 0 saturated carbocycles. The lowest BCUT2D eigenvalue weighted by molar-refractivity contribution is 0.0530. The number of carboxylic acid groups (broad SMARTS) is 1. The van der Waals surface area contributed by atoms with Gasteiger partial charge in [0.2, 0.25) is 0 Å². The van der Waals surface area contributed by atoms with Crippen molar-refractivity contribution >= 4 is 27.9 Å². The topological polar surface area (TPSA) is 63.6 Å². The molecule has 80 valence electrons. The van der Waals surface area contributed by atoms with Crippen molar-refractivity contribution in [2.75, 3.05) is 11.9 Å². The highest BCUT2D eigenvalue weighted by Gasteiger charge is 2.08. The number of hydrogen-bond donors (Lipinski definition) is 1. The molecule has 1 N–H and O–H groups in total. The molecule has 1 aromatic rings. The zero-order chi connectivity index (χ0) is 11.3. The zero-order valence-corrected chi connectivity index (χ0v) is 9.36. The van der Waals surface area contributed by atoms with E-state index in [1.165, 1.54) is 24.3 Å². The summed E-state index contributed by atoms with van der Waals surface area (Å²) in [6, 6.07) is 5.60. The van der Waals surface area contributed by atoms with E-state index in [0.29, 0.717) is 17.5 Å². The summed E-state index contributed by atoms with van der Waals surface area (Å²) >= 11 is 3.13. The predicted octanol–water partition coefficient (Wildman–Crippen LogP) is 1.94. The molecule has 0 aliphatic rings. The molecule has 0 fully saturated rings. The molecule has 0 spiro atoms. The standard InChI is InChI=1S/C10H9BrO4/c11-5-6-15-10(14)8-3-1-7(2-4-8)9(12)13/h1-4H,5-6H2,(H,12,13). The fourth-order valence-electron chi connectivity index (χ4n) is 0.963. The largest absolute Gasteiger partial charge is 0.478 e. The number of alkyl halides is 1. The minimum atomic E-state index is -1.02. The lowest BCUT2D eigenvalue weighted by Crippen LogP contribution is -2.07. The molecule has 0 bridgehead atoms. The van der Waals surface area contributed by atoms with Crippen LogP contribution < -0.4 is 0 Å². The van der Waals surface area contributed by atoms with Crippen molar-refractivity contribution in [2.24, 2.45) is 0 Å². The second kappa shape index (κ2) is 5.50. The number of carbonyl (C=O) groups is 2. The molecule has 5 heteroatoms. The zero-order valence-electron chi connectivity index (χ0n) is 7.77. The van der Waals surface area contributed by atoms with E-state index >= 15 is 0 Å². The van der Waals surface area contributed by atoms with Gasteiger partial charge in [-0.15, -0.1) is 0 Å². The van der Waals surface area contributed by atoms with Crippen LogP contribution in [0.15, 0.2) is 24.3 Å². The third kappa shape index (κ3) is 3.36. The van der Waals surface area contributed by atoms with Crippen LogP contribution in [-0.2, 0) is 4.74 Å². The summed E-state index contributed by atoms with van der Waals surface area (Å²) < 4.78 is 4.84. The quantitative estimate of drug-likeness (QED) is 0.672. The highest BCUT2D eigenvalue weighted by atomic mass is 79.9. The van der Waals surface area contributed by atoms with Crippen molar-refractivity contribution in [3.8, 4) is 0 Å². The molecular formula is C10H9BrO4. The average molecular weight is 273 g/mol. The van der Waals surface area contributed by atoms with Crippen LogP contribution in [0.3, 0.4) is 0 Å². The SMILES string of the molecule is O=C(O)c1ccc(C(=O)OCCBr)cc1. The number of halogens is 1. The number of carbonyl (C=O) groups excluding carboxylic acids is 1. The Kier molecular flexibility index (Phi) is 4.30. The molecule has 1 aromatic carbocycles. The first kappa shape index (κ1) is 11.7. The molecule has 0 unspecified atom stereocenters. The van der Waals surface area contributed by atoms with Crippen LogP contribution in [-0.4, -0.2) is 29.0 Å². The van der Waals surface area contributed by atoms with E-state index in [9.17, 15) is 9.59 Å². The Morgan fingerprint density at radius 2 is 1.73 bits per heavy atom. The third-order valence-corrected chi connectivity index (χ3v) is 2.00. The van der Waals surface area contributed by atoms with E-state index in [4.69, 9.17) is 9.84 Å². The summed E-state index contributed by atoms with van der Waals surface area (Å²) in [5.41, 5.74) is 0.494. The maximum absolute atomic E-state index is 11.3. The number of aromatic carboxylic acids is 1. The summed E-state index contributed by atoms with van der Waals surface area (Å²) in [4.78, 5) is 21.8. The minimum absolute atomic E-state index is 0.145. The summed E-state index contributed by atoms with van der Waals surface area (Å²) in [7, 11) is 0. The van der Waals surface area contributed by atoms with Crippen LogP contribution in [0.4, 0.5) is 0 Å². The van der Waals surface area contributed by atoms with Gasteiger partial charge in [0.05, 0.1) is 11.1 Å². The maximum Gasteiger partial charge on any atom is 0.338 e. The van der Waals surface area contributed by atoms with Gasteiger partial charge in [-0.05, 0) is 24.3 Å². The van der Waals surface area contributed by atoms with Crippen molar-refractivity contribution in [2.45, 2.75) is 0 Å². The van der Waals surface area contributed by atoms with Gasteiger partial charge in [-0.25, -0.2) is 9.59 Å². The molecule has 4 nitrogen and oxygen atoms in total. The van der Waals surface area contributed by atoms with Crippen molar-refractivity contribution in [3.05, 3.63) is 35.4 Å². The van der Waals surface area contributed by atoms with Crippen LogP contribution >= 0.6 is 15.9 Å². The highest BCUT2D eigenvalue weighted by molar-refractivity contribution is 9.09. The van der Waals surface area contributed by atoms with Crippen molar-refractivity contribution < 1.29 is 19.4 Å². The minimum Gasteiger partial charge on any atom is -0.478 e. The molecule has 0 amide bonds. The molecular weight excluding hydrogens is 264 g/mol. The fourth-order valence-corrected chi connectivity index (χ4v) is 1.13. The summed E-state index contributed by atoms with van der Waals surface area (Å²) in [6.07, 6.45) is 0. The van der Waals surface area contributed by atoms with Gasteiger partial charge in [0.25, 0.3) is 0 Å². The molecule has 0 saturated heterocycles. The molecule has 15 heavy (non-hydrogen) atoms. The Morgan fingerprint density at radius 1 is 1.20 bits per heavy atom. The fraction of sp³-hybridized carbons (Fsp3) is 0.200. The number of ether oxygens (including phenoxy) is 1. The Bertz CT molecular complexity index is 358. The normalized spacial score (nSPS) is 9.67. The van der Waals surface area contributed by atoms with E-state index in [0.717, 1.165) is 0 Å². The van der Waals surface area contributed by atoms with Crippen molar-refractivity contribution in [1.82, 2.24) is 0 Å². The van der Waals surface area contributed by atoms with Crippen LogP contribution in [0.25, 0.3) is 0 Å². The van der Waals surface area contributed by atoms with Gasteiger partial charge in [0.15, 0.2) is 0 Å². The molecule has 1 rings (SSSR count). The molecule has 0 atom stereocenters. The van der Waals surface area contributed by atoms with Crippen LogP contribution in [0.1, 0.15) is 20.7 Å². The Hall–Kier alpha value is -1.36. The number of rotatable bonds is 4. The van der Waals surface area contributed by atoms with Crippen LogP contribution in [0.2, 0.25) is 0 Å². The first-order valence-corrected chi connectivity index (χ1v) is 5.33. The average Bonchev–Trinajstić information content (AvgIpc) is 2.26. The Morgan fingerprint density at radius 3 is 2.20 bits per heavy atom. The monoisotopic (exact) mass is 272 g/mol. The lowest BCUT2D eigenvalue weighted by atomic mass is 10.1. The molecule has 0 radical (unpaired) electrons. The van der Waals surface area contributed by atoms with Gasteiger partial charge >= 0.3 is 11.9 Å². The summed E-state index contributed by atoms with van der Waals surface area (Å²) in [5.74, 6) is -1.47. The predicted molar refractivity (Wildman–Crippen MR) is 57.5 cm³/mol. The van der Waals surface area contributed by atoms with Gasteiger partial charge in [-0.1, -0.05) is 15.9 Å². The van der Waals surface area contributed by atoms with Crippen molar-refractivity contribution in [3.63, 3.8) is 0 Å². The second-order valence-corrected chi connectivity index (χ2v) is 3.50. The number of carboxylic acids is 1. The Labute approximate surface area is 95.0 Å². The van der Waals surface area contributed by atoms with Crippen LogP contribution in [0, 0.1) is 0 Å². The van der Waals surface area contributed by atoms with Gasteiger partial charge in [0.1, 0.15) is 6.61 Å². The van der Waals surface area contributed by atoms with Gasteiger partial charge < -0.3 is 9.84 Å². The molecule has 0 aliphatic carbocycles. The second-order valence-electron chi connectivity index (χ2n) is 2.71. The number of benzene rings is 1. The number of hydrogen-bond acceptors (Lipinski definition) is 3. The van der Waals surface area contributed by atoms with Crippen molar-refractivity contribution in [1.29, 1.82) is 0 Å². The first-order valence-electron chi connectivity index (χ1n) is 4.21. The van der Waals surface area contributed by atoms with Gasteiger partial charge in [-0.2, -0.15) is 0 Å². The molecule has 0 aliphatic heterocycles. The highest BCUT2D eigenvalue weighted by Crippen LogP contribution is 2.06. The molecule has 0 aromatic heterocycles. The van der Waals surface area contributed by atoms with Crippen LogP contribution in [0.5, 0.6) is 0 Å². The van der Waals surface area contributed by atoms with E-state index in [1.54, 1.807) is 0 Å². The third-order valence-electron chi connectivity index (χ3n) is 1.68. The number of esters is 1. The Balaban J connectivity index is 2.71. The smallest absolute Gasteiger partial charge is 0.338 e. The lowest BCUT2D eigenvalue weighted by Gasteiger charge is -2.02. The van der Waals surface area contributed by atoms with Gasteiger partial charge in [-0.3, -0.25) is 0 Å². The van der Waals surface area contributed by atoms with E-state index in [1.807, 2.05) is 0 Å². The summed E-state index contributed by atoms with van der Waals surface area (Å²) in [6.45, 7) is 0.291. The molecule has 0 heterocycles. The van der Waals surface area contributed by atoms with E-state index in [-0.39, 0.29) is 5.56 Å². The summed E-state index contributed by atoms with van der Waals surface area (Å²) in [5, 5.41) is 9.21. The van der Waals surface area contributed by atoms with E-state index < -0.39 is 11.9 Å². The maximum atomic E-state index is 11.3. The van der Waals surface area contributed by atoms with Gasteiger partial charge in [0, 0.05) is 5.33 Å². The first-order chi connectivity index (χ1) is 7.15. The van der Waals surface area contributed by atoms with E-state index in [2.05, 4.69) is 15.9 Å².